The summed E-state index contributed by atoms with van der Waals surface area (Å²) < 4.78 is 6.48. The summed E-state index contributed by atoms with van der Waals surface area (Å²) in [4.78, 5) is 22.3. The van der Waals surface area contributed by atoms with Crippen LogP contribution in [-0.4, -0.2) is 38.5 Å². The molecule has 8 heteroatoms. The van der Waals surface area contributed by atoms with Crippen LogP contribution in [0.4, 0.5) is 0 Å². The maximum atomic E-state index is 11.3. The molecule has 0 aliphatic rings. The van der Waals surface area contributed by atoms with Crippen molar-refractivity contribution in [3.63, 3.8) is 0 Å². The monoisotopic (exact) mass is 272 g/mol. The van der Waals surface area contributed by atoms with Crippen molar-refractivity contribution in [2.45, 2.75) is 30.7 Å². The van der Waals surface area contributed by atoms with E-state index in [-0.39, 0.29) is 12.4 Å². The summed E-state index contributed by atoms with van der Waals surface area (Å²) in [6.45, 7) is 3.76. The summed E-state index contributed by atoms with van der Waals surface area (Å²) in [7, 11) is 1.73. The fourth-order valence-electron chi connectivity index (χ4n) is 1.16. The molecule has 100 valence electrons. The highest BCUT2D eigenvalue weighted by Crippen LogP contribution is 2.21. The molecule has 0 saturated heterocycles. The molecule has 0 unspecified atom stereocenters. The zero-order valence-electron chi connectivity index (χ0n) is 10.5. The van der Waals surface area contributed by atoms with Crippen molar-refractivity contribution in [2.24, 2.45) is 12.8 Å². The van der Waals surface area contributed by atoms with Gasteiger partial charge < -0.3 is 15.0 Å². The van der Waals surface area contributed by atoms with Gasteiger partial charge in [0.05, 0.1) is 11.9 Å². The standard InChI is InChI=1S/C10H16N4O3S/c1-4-17-8(15)5-7-12-13-10(14(7)3)18-6(2)9(11)16/h6H,4-5H2,1-3H3,(H2,11,16)/t6-/m1/s1. The highest BCUT2D eigenvalue weighted by atomic mass is 32.2. The highest BCUT2D eigenvalue weighted by molar-refractivity contribution is 8.00. The van der Waals surface area contributed by atoms with Gasteiger partial charge >= 0.3 is 5.97 Å². The van der Waals surface area contributed by atoms with Gasteiger partial charge in [-0.3, -0.25) is 9.59 Å². The molecule has 0 radical (unpaired) electrons. The van der Waals surface area contributed by atoms with Crippen LogP contribution in [0.5, 0.6) is 0 Å². The number of esters is 1. The normalized spacial score (nSPS) is 12.2. The number of hydrogen-bond acceptors (Lipinski definition) is 6. The maximum absolute atomic E-state index is 11.3. The number of nitrogens with zero attached hydrogens (tertiary/aromatic N) is 3. The van der Waals surface area contributed by atoms with Crippen molar-refractivity contribution in [3.8, 4) is 0 Å². The topological polar surface area (TPSA) is 100 Å². The van der Waals surface area contributed by atoms with Crippen LogP contribution in [0.25, 0.3) is 0 Å². The Balaban J connectivity index is 2.71. The molecule has 0 saturated carbocycles. The molecule has 1 atom stereocenters. The van der Waals surface area contributed by atoms with Gasteiger partial charge in [0.25, 0.3) is 0 Å². The second-order valence-corrected chi connectivity index (χ2v) is 4.91. The first kappa shape index (κ1) is 14.5. The molecule has 0 bridgehead atoms. The molecular weight excluding hydrogens is 256 g/mol. The van der Waals surface area contributed by atoms with Crippen LogP contribution in [0.15, 0.2) is 5.16 Å². The predicted octanol–water partition coefficient (Wildman–Crippen LogP) is -0.113. The van der Waals surface area contributed by atoms with Crippen molar-refractivity contribution in [1.29, 1.82) is 0 Å². The third kappa shape index (κ3) is 3.73. The van der Waals surface area contributed by atoms with Gasteiger partial charge in [0.15, 0.2) is 5.16 Å². The van der Waals surface area contributed by atoms with E-state index in [9.17, 15) is 9.59 Å². The summed E-state index contributed by atoms with van der Waals surface area (Å²) >= 11 is 1.20. The Morgan fingerprint density at radius 3 is 2.72 bits per heavy atom. The number of carbonyl (C=O) groups is 2. The SMILES string of the molecule is CCOC(=O)Cc1nnc(S[C@H](C)C(N)=O)n1C. The lowest BCUT2D eigenvalue weighted by Gasteiger charge is -2.06. The van der Waals surface area contributed by atoms with E-state index in [2.05, 4.69) is 10.2 Å². The average Bonchev–Trinajstić information content (AvgIpc) is 2.61. The zero-order chi connectivity index (χ0) is 13.7. The fraction of sp³-hybridized carbons (Fsp3) is 0.600. The number of nitrogens with two attached hydrogens (primary N) is 1. The average molecular weight is 272 g/mol. The van der Waals surface area contributed by atoms with Gasteiger partial charge in [-0.2, -0.15) is 0 Å². The lowest BCUT2D eigenvalue weighted by molar-refractivity contribution is -0.142. The first-order valence-corrected chi connectivity index (χ1v) is 6.33. The number of amides is 1. The first-order chi connectivity index (χ1) is 8.45. The van der Waals surface area contributed by atoms with Crippen LogP contribution in [0, 0.1) is 0 Å². The minimum absolute atomic E-state index is 0.0584. The van der Waals surface area contributed by atoms with Crippen molar-refractivity contribution in [1.82, 2.24) is 14.8 Å². The molecule has 2 N–H and O–H groups in total. The third-order valence-corrected chi connectivity index (χ3v) is 3.37. The van der Waals surface area contributed by atoms with Crippen LogP contribution < -0.4 is 5.73 Å². The molecular formula is C10H16N4O3S. The van der Waals surface area contributed by atoms with Gasteiger partial charge in [0, 0.05) is 7.05 Å². The molecule has 0 aromatic carbocycles. The Morgan fingerprint density at radius 2 is 2.17 bits per heavy atom. The van der Waals surface area contributed by atoms with Gasteiger partial charge in [-0.1, -0.05) is 11.8 Å². The molecule has 0 aliphatic carbocycles. The Hall–Kier alpha value is -1.57. The van der Waals surface area contributed by atoms with Crippen molar-refractivity contribution in [2.75, 3.05) is 6.61 Å². The van der Waals surface area contributed by atoms with E-state index < -0.39 is 11.2 Å². The van der Waals surface area contributed by atoms with Crippen LogP contribution in [0.2, 0.25) is 0 Å². The van der Waals surface area contributed by atoms with Gasteiger partial charge in [-0.15, -0.1) is 10.2 Å². The molecule has 1 amide bonds. The lowest BCUT2D eigenvalue weighted by atomic mass is 10.4. The Kier molecular flexibility index (Phi) is 5.14. The zero-order valence-corrected chi connectivity index (χ0v) is 11.4. The fourth-order valence-corrected chi connectivity index (χ4v) is 1.94. The minimum atomic E-state index is -0.421. The van der Waals surface area contributed by atoms with Crippen LogP contribution in [-0.2, 0) is 27.8 Å². The first-order valence-electron chi connectivity index (χ1n) is 5.45. The van der Waals surface area contributed by atoms with Crippen molar-refractivity contribution < 1.29 is 14.3 Å². The van der Waals surface area contributed by atoms with Crippen molar-refractivity contribution in [3.05, 3.63) is 5.82 Å². The number of hydrogen-bond donors (Lipinski definition) is 1. The number of aromatic nitrogens is 3. The van der Waals surface area contributed by atoms with Crippen LogP contribution in [0.1, 0.15) is 19.7 Å². The molecule has 0 spiro atoms. The van der Waals surface area contributed by atoms with E-state index in [1.54, 1.807) is 25.5 Å². The quantitative estimate of drug-likeness (QED) is 0.572. The Morgan fingerprint density at radius 1 is 1.50 bits per heavy atom. The van der Waals surface area contributed by atoms with E-state index in [4.69, 9.17) is 10.5 Å². The number of thioether (sulfide) groups is 1. The van der Waals surface area contributed by atoms with Gasteiger partial charge in [-0.05, 0) is 13.8 Å². The molecule has 1 rings (SSSR count). The summed E-state index contributed by atoms with van der Waals surface area (Å²) in [6.07, 6.45) is 0.0584. The predicted molar refractivity (Wildman–Crippen MR) is 65.9 cm³/mol. The van der Waals surface area contributed by atoms with E-state index in [0.717, 1.165) is 0 Å². The summed E-state index contributed by atoms with van der Waals surface area (Å²) in [5, 5.41) is 7.94. The second kappa shape index (κ2) is 6.39. The molecule has 1 heterocycles. The number of carbonyl (C=O) groups excluding carboxylic acids is 2. The van der Waals surface area contributed by atoms with Gasteiger partial charge in [0.1, 0.15) is 12.2 Å². The van der Waals surface area contributed by atoms with E-state index >= 15 is 0 Å². The summed E-state index contributed by atoms with van der Waals surface area (Å²) in [5.41, 5.74) is 5.17. The highest BCUT2D eigenvalue weighted by Gasteiger charge is 2.18. The van der Waals surface area contributed by atoms with Crippen molar-refractivity contribution >= 4 is 23.6 Å². The molecule has 0 fully saturated rings. The van der Waals surface area contributed by atoms with Crippen LogP contribution >= 0.6 is 11.8 Å². The van der Waals surface area contributed by atoms with Crippen LogP contribution in [0.3, 0.4) is 0 Å². The largest absolute Gasteiger partial charge is 0.466 e. The number of rotatable bonds is 6. The molecule has 18 heavy (non-hydrogen) atoms. The molecule has 0 aliphatic heterocycles. The third-order valence-electron chi connectivity index (χ3n) is 2.22. The molecule has 1 aromatic rings. The van der Waals surface area contributed by atoms with Gasteiger partial charge in [-0.25, -0.2) is 0 Å². The Bertz CT molecular complexity index is 446. The number of primary amides is 1. The lowest BCUT2D eigenvalue weighted by Crippen LogP contribution is -2.23. The Labute approximate surface area is 109 Å². The molecule has 7 nitrogen and oxygen atoms in total. The number of ether oxygens (including phenoxy) is 1. The van der Waals surface area contributed by atoms with E-state index in [1.165, 1.54) is 11.8 Å². The summed E-state index contributed by atoms with van der Waals surface area (Å²) in [6, 6.07) is 0. The van der Waals surface area contributed by atoms with E-state index in [0.29, 0.717) is 17.6 Å². The van der Waals surface area contributed by atoms with E-state index in [1.807, 2.05) is 0 Å². The minimum Gasteiger partial charge on any atom is -0.466 e. The van der Waals surface area contributed by atoms with Gasteiger partial charge in [0.2, 0.25) is 5.91 Å². The smallest absolute Gasteiger partial charge is 0.313 e. The second-order valence-electron chi connectivity index (χ2n) is 3.60. The maximum Gasteiger partial charge on any atom is 0.313 e. The summed E-state index contributed by atoms with van der Waals surface area (Å²) in [5.74, 6) is -0.282. The molecule has 1 aromatic heterocycles.